The Morgan fingerprint density at radius 1 is 1.16 bits per heavy atom. The molecule has 172 valence electrons. The summed E-state index contributed by atoms with van der Waals surface area (Å²) in [6.07, 6.45) is 2.82. The number of aryl methyl sites for hydroxylation is 1. The van der Waals surface area contributed by atoms with E-state index >= 15 is 0 Å². The molecule has 0 unspecified atom stereocenters. The molecule has 2 aromatic carbocycles. The van der Waals surface area contributed by atoms with Crippen molar-refractivity contribution in [2.75, 3.05) is 13.7 Å². The number of rotatable bonds is 10. The normalized spacial score (nSPS) is 11.6. The molecular weight excluding hydrogens is 434 g/mol. The van der Waals surface area contributed by atoms with Crippen LogP contribution in [-0.4, -0.2) is 51.7 Å². The second kappa shape index (κ2) is 12.0. The van der Waals surface area contributed by atoms with Gasteiger partial charge in [0.2, 0.25) is 5.91 Å². The number of phenols is 1. The van der Waals surface area contributed by atoms with E-state index in [0.717, 1.165) is 29.4 Å². The lowest BCUT2D eigenvalue weighted by atomic mass is 10.1. The number of nitrogens with zero attached hydrogens (tertiary/aromatic N) is 3. The zero-order chi connectivity index (χ0) is 22.2. The molecule has 0 aliphatic carbocycles. The van der Waals surface area contributed by atoms with Crippen molar-refractivity contribution in [2.45, 2.75) is 38.1 Å². The molecule has 1 aromatic heterocycles. The molecule has 10 heteroatoms. The van der Waals surface area contributed by atoms with Gasteiger partial charge in [-0.1, -0.05) is 18.2 Å². The van der Waals surface area contributed by atoms with E-state index in [4.69, 9.17) is 5.73 Å². The molecule has 9 nitrogen and oxygen atoms in total. The van der Waals surface area contributed by atoms with E-state index in [0.29, 0.717) is 31.5 Å². The molecule has 1 heterocycles. The standard InChI is InChI=1S/C22H27N5O4.ClH/c1-31-22(30)16(23)6-4-5-13-24-21(29)12-10-15-9-11-20(28)19(14-15)27-25-17-7-2-3-8-18(17)26-27;/h2-3,7-9,11,14,16,28H,4-6,10,12-13,23H2,1H3,(H,24,29);1H/t16-;/m0./s1. The summed E-state index contributed by atoms with van der Waals surface area (Å²) in [6.45, 7) is 0.525. The van der Waals surface area contributed by atoms with Crippen LogP contribution in [0.1, 0.15) is 31.2 Å². The number of nitrogens with one attached hydrogen (secondary N) is 1. The number of hydrogen-bond acceptors (Lipinski definition) is 7. The summed E-state index contributed by atoms with van der Waals surface area (Å²) in [5.74, 6) is -0.413. The van der Waals surface area contributed by atoms with Gasteiger partial charge in [0.1, 0.15) is 28.5 Å². The van der Waals surface area contributed by atoms with E-state index in [-0.39, 0.29) is 24.1 Å². The molecule has 0 saturated carbocycles. The van der Waals surface area contributed by atoms with Crippen molar-refractivity contribution in [3.63, 3.8) is 0 Å². The molecule has 1 atom stereocenters. The largest absolute Gasteiger partial charge is 0.506 e. The Balaban J connectivity index is 0.00000363. The van der Waals surface area contributed by atoms with E-state index in [1.165, 1.54) is 11.9 Å². The summed E-state index contributed by atoms with van der Waals surface area (Å²) in [4.78, 5) is 24.8. The number of ether oxygens (including phenoxy) is 1. The summed E-state index contributed by atoms with van der Waals surface area (Å²) in [6, 6.07) is 12.0. The van der Waals surface area contributed by atoms with Crippen LogP contribution in [0.15, 0.2) is 42.5 Å². The number of methoxy groups -OCH3 is 1. The average Bonchev–Trinajstić information content (AvgIpc) is 3.21. The van der Waals surface area contributed by atoms with E-state index in [9.17, 15) is 14.7 Å². The molecule has 32 heavy (non-hydrogen) atoms. The Labute approximate surface area is 192 Å². The SMILES string of the molecule is COC(=O)[C@@H](N)CCCCNC(=O)CCc1ccc(O)c(-n2nc3ccccc3n2)c1.Cl. The fraction of sp³-hybridized carbons (Fsp3) is 0.364. The highest BCUT2D eigenvalue weighted by atomic mass is 35.5. The molecule has 0 aliphatic heterocycles. The number of unbranched alkanes of at least 4 members (excludes halogenated alkanes) is 1. The molecule has 3 rings (SSSR count). The van der Waals surface area contributed by atoms with Crippen LogP contribution in [0.2, 0.25) is 0 Å². The number of aromatic nitrogens is 3. The van der Waals surface area contributed by atoms with Crippen LogP contribution < -0.4 is 11.1 Å². The summed E-state index contributed by atoms with van der Waals surface area (Å²) in [5, 5.41) is 21.9. The number of aromatic hydroxyl groups is 1. The number of esters is 1. The van der Waals surface area contributed by atoms with Gasteiger partial charge in [0.25, 0.3) is 0 Å². The Morgan fingerprint density at radius 2 is 1.84 bits per heavy atom. The van der Waals surface area contributed by atoms with Gasteiger partial charge in [0, 0.05) is 13.0 Å². The molecule has 0 radical (unpaired) electrons. The number of carbonyl (C=O) groups is 2. The van der Waals surface area contributed by atoms with Crippen molar-refractivity contribution >= 4 is 35.3 Å². The highest BCUT2D eigenvalue weighted by Gasteiger charge is 2.13. The summed E-state index contributed by atoms with van der Waals surface area (Å²) in [5.41, 5.74) is 8.51. The first-order chi connectivity index (χ1) is 15.0. The molecule has 0 fully saturated rings. The van der Waals surface area contributed by atoms with Crippen LogP contribution in [0.25, 0.3) is 16.7 Å². The highest BCUT2D eigenvalue weighted by molar-refractivity contribution is 5.85. The van der Waals surface area contributed by atoms with E-state index < -0.39 is 12.0 Å². The lowest BCUT2D eigenvalue weighted by molar-refractivity contribution is -0.142. The molecule has 3 aromatic rings. The second-order valence-electron chi connectivity index (χ2n) is 7.28. The first-order valence-electron chi connectivity index (χ1n) is 10.2. The van der Waals surface area contributed by atoms with Crippen LogP contribution in [-0.2, 0) is 20.7 Å². The molecule has 4 N–H and O–H groups in total. The maximum Gasteiger partial charge on any atom is 0.322 e. The topological polar surface area (TPSA) is 132 Å². The van der Waals surface area contributed by atoms with Gasteiger partial charge >= 0.3 is 5.97 Å². The van der Waals surface area contributed by atoms with Gasteiger partial charge in [-0.25, -0.2) is 0 Å². The average molecular weight is 462 g/mol. The zero-order valence-corrected chi connectivity index (χ0v) is 18.7. The van der Waals surface area contributed by atoms with Crippen molar-refractivity contribution in [1.29, 1.82) is 0 Å². The Morgan fingerprint density at radius 3 is 2.50 bits per heavy atom. The first kappa shape index (κ1) is 25.1. The van der Waals surface area contributed by atoms with Crippen LogP contribution in [0.4, 0.5) is 0 Å². The summed E-state index contributed by atoms with van der Waals surface area (Å²) in [7, 11) is 1.31. The van der Waals surface area contributed by atoms with Crippen molar-refractivity contribution in [3.8, 4) is 11.4 Å². The van der Waals surface area contributed by atoms with E-state index in [2.05, 4.69) is 20.3 Å². The van der Waals surface area contributed by atoms with Gasteiger partial charge < -0.3 is 20.9 Å². The number of phenolic OH excluding ortho intramolecular Hbond substituents is 1. The molecule has 0 saturated heterocycles. The number of benzene rings is 2. The van der Waals surface area contributed by atoms with Crippen molar-refractivity contribution in [1.82, 2.24) is 20.3 Å². The predicted octanol–water partition coefficient (Wildman–Crippen LogP) is 2.27. The van der Waals surface area contributed by atoms with Gasteiger partial charge in [-0.2, -0.15) is 0 Å². The third kappa shape index (κ3) is 6.66. The minimum atomic E-state index is -0.619. The molecule has 0 bridgehead atoms. The van der Waals surface area contributed by atoms with E-state index in [1.807, 2.05) is 24.3 Å². The zero-order valence-electron chi connectivity index (χ0n) is 17.9. The lowest BCUT2D eigenvalue weighted by Crippen LogP contribution is -2.31. The fourth-order valence-corrected chi connectivity index (χ4v) is 3.18. The molecule has 0 aliphatic rings. The third-order valence-electron chi connectivity index (χ3n) is 4.95. The number of nitrogens with two attached hydrogens (primary N) is 1. The van der Waals surface area contributed by atoms with Gasteiger partial charge in [-0.15, -0.1) is 27.4 Å². The Kier molecular flexibility index (Phi) is 9.42. The number of amides is 1. The van der Waals surface area contributed by atoms with Crippen LogP contribution in [0, 0.1) is 0 Å². The number of hydrogen-bond donors (Lipinski definition) is 3. The van der Waals surface area contributed by atoms with E-state index in [1.54, 1.807) is 18.2 Å². The quantitative estimate of drug-likeness (QED) is 0.311. The van der Waals surface area contributed by atoms with Crippen LogP contribution in [0.3, 0.4) is 0 Å². The van der Waals surface area contributed by atoms with Gasteiger partial charge in [0.15, 0.2) is 0 Å². The number of halogens is 1. The fourth-order valence-electron chi connectivity index (χ4n) is 3.18. The summed E-state index contributed by atoms with van der Waals surface area (Å²) < 4.78 is 4.58. The minimum absolute atomic E-state index is 0. The summed E-state index contributed by atoms with van der Waals surface area (Å²) >= 11 is 0. The third-order valence-corrected chi connectivity index (χ3v) is 4.95. The maximum absolute atomic E-state index is 12.1. The minimum Gasteiger partial charge on any atom is -0.506 e. The maximum atomic E-state index is 12.1. The number of carbonyl (C=O) groups excluding carboxylic acids is 2. The Bertz CT molecular complexity index is 1020. The van der Waals surface area contributed by atoms with Crippen molar-refractivity contribution in [3.05, 3.63) is 48.0 Å². The second-order valence-corrected chi connectivity index (χ2v) is 7.28. The predicted molar refractivity (Wildman–Crippen MR) is 123 cm³/mol. The van der Waals surface area contributed by atoms with Gasteiger partial charge in [-0.3, -0.25) is 9.59 Å². The number of fused-ring (bicyclic) bond motifs is 1. The van der Waals surface area contributed by atoms with Crippen LogP contribution in [0.5, 0.6) is 5.75 Å². The Hall–Kier alpha value is -3.17. The monoisotopic (exact) mass is 461 g/mol. The lowest BCUT2D eigenvalue weighted by Gasteiger charge is -2.09. The van der Waals surface area contributed by atoms with Gasteiger partial charge in [-0.05, 0) is 55.5 Å². The van der Waals surface area contributed by atoms with Gasteiger partial charge in [0.05, 0.1) is 7.11 Å². The first-order valence-corrected chi connectivity index (χ1v) is 10.2. The molecule has 1 amide bonds. The van der Waals surface area contributed by atoms with Crippen molar-refractivity contribution in [2.24, 2.45) is 5.73 Å². The highest BCUT2D eigenvalue weighted by Crippen LogP contribution is 2.23. The molecule has 0 spiro atoms. The van der Waals surface area contributed by atoms with Crippen LogP contribution >= 0.6 is 12.4 Å². The van der Waals surface area contributed by atoms with Crippen molar-refractivity contribution < 1.29 is 19.4 Å². The molecular formula is C22H28ClN5O4. The smallest absolute Gasteiger partial charge is 0.322 e.